The number of halogens is 4. The van der Waals surface area contributed by atoms with Gasteiger partial charge in [-0.2, -0.15) is 5.10 Å². The van der Waals surface area contributed by atoms with E-state index in [1.54, 1.807) is 6.07 Å². The molecule has 3 aromatic rings. The number of ether oxygens (including phenoxy) is 1. The van der Waals surface area contributed by atoms with E-state index < -0.39 is 6.23 Å². The Morgan fingerprint density at radius 2 is 1.48 bits per heavy atom. The standard InChI is InChI=1S/C22H14Cl4N2O/c23-14-5-1-12(2-6-14)19-11-20-17-9-16(25)10-18(26)21(17)29-22(28(20)27-19)13-3-7-15(24)8-4-13/h1-10,20,22H,11H2/t20-,22-/m0/s1. The van der Waals surface area contributed by atoms with Crippen LogP contribution in [0.15, 0.2) is 65.8 Å². The van der Waals surface area contributed by atoms with Gasteiger partial charge in [0.1, 0.15) is 5.75 Å². The fourth-order valence-corrected chi connectivity index (χ4v) is 4.58. The Kier molecular flexibility index (Phi) is 4.87. The monoisotopic (exact) mass is 462 g/mol. The Bertz CT molecular complexity index is 1110. The molecule has 0 radical (unpaired) electrons. The average molecular weight is 464 g/mol. The van der Waals surface area contributed by atoms with Gasteiger partial charge in [0, 0.05) is 32.6 Å². The predicted octanol–water partition coefficient (Wildman–Crippen LogP) is 7.54. The first kappa shape index (κ1) is 19.1. The Morgan fingerprint density at radius 1 is 0.828 bits per heavy atom. The van der Waals surface area contributed by atoms with Crippen LogP contribution in [0.3, 0.4) is 0 Å². The quantitative estimate of drug-likeness (QED) is 0.392. The fraction of sp³-hybridized carbons (Fsp3) is 0.136. The van der Waals surface area contributed by atoms with Crippen molar-refractivity contribution in [2.24, 2.45) is 5.10 Å². The summed E-state index contributed by atoms with van der Waals surface area (Å²) in [6.45, 7) is 0. The van der Waals surface area contributed by atoms with Crippen molar-refractivity contribution < 1.29 is 4.74 Å². The van der Waals surface area contributed by atoms with Gasteiger partial charge in [-0.1, -0.05) is 70.7 Å². The van der Waals surface area contributed by atoms with E-state index in [0.717, 1.165) is 22.4 Å². The highest BCUT2D eigenvalue weighted by molar-refractivity contribution is 6.35. The lowest BCUT2D eigenvalue weighted by molar-refractivity contribution is -0.0189. The smallest absolute Gasteiger partial charge is 0.213 e. The van der Waals surface area contributed by atoms with E-state index in [2.05, 4.69) is 0 Å². The summed E-state index contributed by atoms with van der Waals surface area (Å²) >= 11 is 24.9. The zero-order valence-electron chi connectivity index (χ0n) is 14.9. The molecule has 0 fully saturated rings. The zero-order chi connectivity index (χ0) is 20.1. The Morgan fingerprint density at radius 3 is 2.17 bits per heavy atom. The van der Waals surface area contributed by atoms with E-state index in [9.17, 15) is 0 Å². The van der Waals surface area contributed by atoms with E-state index in [0.29, 0.717) is 32.3 Å². The Labute approximate surface area is 188 Å². The number of nitrogens with zero attached hydrogens (tertiary/aromatic N) is 2. The summed E-state index contributed by atoms with van der Waals surface area (Å²) in [5, 5.41) is 9.30. The molecule has 3 aromatic carbocycles. The number of rotatable bonds is 2. The van der Waals surface area contributed by atoms with E-state index in [1.165, 1.54) is 0 Å². The van der Waals surface area contributed by atoms with Gasteiger partial charge in [-0.05, 0) is 42.0 Å². The summed E-state index contributed by atoms with van der Waals surface area (Å²) in [6, 6.07) is 18.8. The molecule has 0 amide bonds. The minimum Gasteiger partial charge on any atom is -0.463 e. The van der Waals surface area contributed by atoms with Crippen LogP contribution < -0.4 is 4.74 Å². The first-order chi connectivity index (χ1) is 14.0. The van der Waals surface area contributed by atoms with Crippen molar-refractivity contribution in [1.82, 2.24) is 5.01 Å². The van der Waals surface area contributed by atoms with Crippen LogP contribution in [0.5, 0.6) is 5.75 Å². The molecule has 0 N–H and O–H groups in total. The minimum atomic E-state index is -0.423. The van der Waals surface area contributed by atoms with Gasteiger partial charge >= 0.3 is 0 Å². The highest BCUT2D eigenvalue weighted by Crippen LogP contribution is 2.50. The van der Waals surface area contributed by atoms with Gasteiger partial charge in [0.05, 0.1) is 16.8 Å². The molecule has 2 atom stereocenters. The number of hydrogen-bond donors (Lipinski definition) is 0. The maximum Gasteiger partial charge on any atom is 0.213 e. The molecule has 0 saturated carbocycles. The molecule has 0 aromatic heterocycles. The third-order valence-electron chi connectivity index (χ3n) is 5.14. The Balaban J connectivity index is 1.62. The van der Waals surface area contributed by atoms with E-state index in [1.807, 2.05) is 59.6 Å². The molecule has 2 aliphatic rings. The zero-order valence-corrected chi connectivity index (χ0v) is 18.0. The van der Waals surface area contributed by atoms with Gasteiger partial charge in [0.25, 0.3) is 0 Å². The number of hydrazone groups is 1. The minimum absolute atomic E-state index is 0.0405. The predicted molar refractivity (Wildman–Crippen MR) is 118 cm³/mol. The molecule has 3 nitrogen and oxygen atoms in total. The first-order valence-corrected chi connectivity index (χ1v) is 10.5. The molecule has 5 rings (SSSR count). The second kappa shape index (κ2) is 7.41. The molecular weight excluding hydrogens is 450 g/mol. The molecule has 0 unspecified atom stereocenters. The summed E-state index contributed by atoms with van der Waals surface area (Å²) in [6.07, 6.45) is 0.284. The molecular formula is C22H14Cl4N2O. The van der Waals surface area contributed by atoms with Crippen LogP contribution in [0.2, 0.25) is 20.1 Å². The molecule has 146 valence electrons. The Hall–Kier alpha value is -1.91. The van der Waals surface area contributed by atoms with Gasteiger partial charge in [0.2, 0.25) is 6.23 Å². The second-order valence-electron chi connectivity index (χ2n) is 6.98. The number of fused-ring (bicyclic) bond motifs is 3. The summed E-state index contributed by atoms with van der Waals surface area (Å²) in [4.78, 5) is 0. The van der Waals surface area contributed by atoms with E-state index >= 15 is 0 Å². The molecule has 0 spiro atoms. The highest BCUT2D eigenvalue weighted by Gasteiger charge is 2.42. The number of benzene rings is 3. The largest absolute Gasteiger partial charge is 0.463 e. The summed E-state index contributed by atoms with van der Waals surface area (Å²) in [5.74, 6) is 0.643. The van der Waals surface area contributed by atoms with E-state index in [-0.39, 0.29) is 6.04 Å². The van der Waals surface area contributed by atoms with Gasteiger partial charge < -0.3 is 4.74 Å². The van der Waals surface area contributed by atoms with Crippen molar-refractivity contribution in [3.05, 3.63) is 97.4 Å². The van der Waals surface area contributed by atoms with Crippen LogP contribution in [0.1, 0.15) is 35.4 Å². The molecule has 7 heteroatoms. The van der Waals surface area contributed by atoms with Crippen LogP contribution >= 0.6 is 46.4 Å². The van der Waals surface area contributed by atoms with Crippen LogP contribution in [-0.4, -0.2) is 10.7 Å². The van der Waals surface area contributed by atoms with Crippen LogP contribution in [0.4, 0.5) is 0 Å². The SMILES string of the molecule is Clc1ccc(C2=NN3[C@@H](C2)c2cc(Cl)cc(Cl)c2O[C@H]3c2ccc(Cl)cc2)cc1. The topological polar surface area (TPSA) is 24.8 Å². The van der Waals surface area contributed by atoms with Crippen LogP contribution in [-0.2, 0) is 0 Å². The molecule has 0 aliphatic carbocycles. The third kappa shape index (κ3) is 3.47. The van der Waals surface area contributed by atoms with Gasteiger partial charge in [-0.25, -0.2) is 5.01 Å². The van der Waals surface area contributed by atoms with Crippen molar-refractivity contribution in [3.63, 3.8) is 0 Å². The van der Waals surface area contributed by atoms with Crippen molar-refractivity contribution in [2.75, 3.05) is 0 Å². The maximum absolute atomic E-state index is 6.49. The van der Waals surface area contributed by atoms with Gasteiger partial charge in [-0.3, -0.25) is 0 Å². The molecule has 0 bridgehead atoms. The van der Waals surface area contributed by atoms with E-state index in [4.69, 9.17) is 56.2 Å². The first-order valence-electron chi connectivity index (χ1n) is 9.02. The van der Waals surface area contributed by atoms with Crippen molar-refractivity contribution in [1.29, 1.82) is 0 Å². The van der Waals surface area contributed by atoms with Gasteiger partial charge in [-0.15, -0.1) is 0 Å². The fourth-order valence-electron chi connectivity index (χ4n) is 3.78. The lowest BCUT2D eigenvalue weighted by atomic mass is 9.96. The third-order valence-corrected chi connectivity index (χ3v) is 6.14. The molecule has 29 heavy (non-hydrogen) atoms. The summed E-state index contributed by atoms with van der Waals surface area (Å²) in [7, 11) is 0. The molecule has 2 heterocycles. The molecule has 2 aliphatic heterocycles. The second-order valence-corrected chi connectivity index (χ2v) is 8.70. The average Bonchev–Trinajstić information content (AvgIpc) is 3.14. The van der Waals surface area contributed by atoms with Gasteiger partial charge in [0.15, 0.2) is 0 Å². The van der Waals surface area contributed by atoms with Crippen LogP contribution in [0.25, 0.3) is 0 Å². The number of hydrogen-bond acceptors (Lipinski definition) is 3. The lowest BCUT2D eigenvalue weighted by Crippen LogP contribution is -2.33. The summed E-state index contributed by atoms with van der Waals surface area (Å²) in [5.41, 5.74) is 3.85. The van der Waals surface area contributed by atoms with Crippen molar-refractivity contribution in [3.8, 4) is 5.75 Å². The maximum atomic E-state index is 6.49. The molecule has 0 saturated heterocycles. The van der Waals surface area contributed by atoms with Crippen molar-refractivity contribution in [2.45, 2.75) is 18.7 Å². The lowest BCUT2D eigenvalue weighted by Gasteiger charge is -2.38. The summed E-state index contributed by atoms with van der Waals surface area (Å²) < 4.78 is 6.32. The van der Waals surface area contributed by atoms with Crippen molar-refractivity contribution >= 4 is 52.1 Å². The normalized spacial score (nSPS) is 20.0. The van der Waals surface area contributed by atoms with Crippen LogP contribution in [0, 0.1) is 0 Å². The highest BCUT2D eigenvalue weighted by atomic mass is 35.5.